The molecule has 0 saturated carbocycles. The van der Waals surface area contributed by atoms with Crippen molar-refractivity contribution in [3.05, 3.63) is 42.0 Å². The van der Waals surface area contributed by atoms with Gasteiger partial charge in [0, 0.05) is 38.8 Å². The maximum absolute atomic E-state index is 2.55. The molecule has 1 fully saturated rings. The van der Waals surface area contributed by atoms with Crippen LogP contribution in [0.3, 0.4) is 0 Å². The first kappa shape index (κ1) is 13.3. The summed E-state index contributed by atoms with van der Waals surface area (Å²) in [5.74, 6) is 0. The van der Waals surface area contributed by atoms with Crippen molar-refractivity contribution in [1.29, 1.82) is 0 Å². The van der Waals surface area contributed by atoms with Crippen molar-refractivity contribution in [3.8, 4) is 0 Å². The minimum Gasteiger partial charge on any atom is -0.298 e. The molecule has 1 aromatic rings. The van der Waals surface area contributed by atoms with E-state index in [0.29, 0.717) is 6.04 Å². The van der Waals surface area contributed by atoms with E-state index in [1.807, 2.05) is 0 Å². The Morgan fingerprint density at radius 2 is 1.72 bits per heavy atom. The van der Waals surface area contributed by atoms with Crippen molar-refractivity contribution in [1.82, 2.24) is 9.80 Å². The van der Waals surface area contributed by atoms with Crippen molar-refractivity contribution in [2.75, 3.05) is 32.7 Å². The molecule has 0 amide bonds. The Bertz CT molecular complexity index is 362. The zero-order valence-electron chi connectivity index (χ0n) is 11.5. The summed E-state index contributed by atoms with van der Waals surface area (Å²) in [6.07, 6.45) is 4.50. The maximum Gasteiger partial charge on any atom is 0.0167 e. The summed E-state index contributed by atoms with van der Waals surface area (Å²) in [4.78, 5) is 5.08. The zero-order chi connectivity index (χ0) is 12.8. The third kappa shape index (κ3) is 3.97. The van der Waals surface area contributed by atoms with Crippen molar-refractivity contribution >= 4 is 6.08 Å². The van der Waals surface area contributed by atoms with Gasteiger partial charge in [0.25, 0.3) is 0 Å². The fraction of sp³-hybridized carbons (Fsp3) is 0.500. The third-order valence-corrected chi connectivity index (χ3v) is 3.61. The van der Waals surface area contributed by atoms with Crippen molar-refractivity contribution in [3.63, 3.8) is 0 Å². The van der Waals surface area contributed by atoms with Crippen LogP contribution in [0.1, 0.15) is 19.4 Å². The molecule has 1 aromatic carbocycles. The predicted molar refractivity (Wildman–Crippen MR) is 78.6 cm³/mol. The average molecular weight is 244 g/mol. The Morgan fingerprint density at radius 3 is 2.33 bits per heavy atom. The molecule has 98 valence electrons. The molecule has 0 radical (unpaired) electrons. The standard InChI is InChI=1S/C16H24N2/c1-15(2)18-13-11-17(12-14-18)10-6-9-16-7-4-3-5-8-16/h3-9,15H,10-14H2,1-2H3/b9-6+. The third-order valence-electron chi connectivity index (χ3n) is 3.61. The van der Waals surface area contributed by atoms with Gasteiger partial charge in [0.15, 0.2) is 0 Å². The molecule has 0 atom stereocenters. The van der Waals surface area contributed by atoms with Crippen LogP contribution in [0.2, 0.25) is 0 Å². The lowest BCUT2D eigenvalue weighted by Gasteiger charge is -2.36. The van der Waals surface area contributed by atoms with E-state index in [1.54, 1.807) is 0 Å². The number of hydrogen-bond acceptors (Lipinski definition) is 2. The molecule has 2 rings (SSSR count). The molecule has 0 aliphatic carbocycles. The molecule has 1 aliphatic rings. The first-order chi connectivity index (χ1) is 8.75. The average Bonchev–Trinajstić information content (AvgIpc) is 2.40. The smallest absolute Gasteiger partial charge is 0.0167 e. The van der Waals surface area contributed by atoms with Crippen molar-refractivity contribution < 1.29 is 0 Å². The number of piperazine rings is 1. The highest BCUT2D eigenvalue weighted by Crippen LogP contribution is 2.06. The minimum absolute atomic E-state index is 0.687. The van der Waals surface area contributed by atoms with Crippen LogP contribution < -0.4 is 0 Å². The minimum atomic E-state index is 0.687. The summed E-state index contributed by atoms with van der Waals surface area (Å²) in [5, 5.41) is 0. The van der Waals surface area contributed by atoms with Crippen LogP contribution in [-0.2, 0) is 0 Å². The van der Waals surface area contributed by atoms with E-state index in [1.165, 1.54) is 31.7 Å². The van der Waals surface area contributed by atoms with Crippen LogP contribution in [0.4, 0.5) is 0 Å². The number of hydrogen-bond donors (Lipinski definition) is 0. The molecular weight excluding hydrogens is 220 g/mol. The van der Waals surface area contributed by atoms with Gasteiger partial charge >= 0.3 is 0 Å². The normalized spacial score (nSPS) is 18.8. The van der Waals surface area contributed by atoms with E-state index in [-0.39, 0.29) is 0 Å². The van der Waals surface area contributed by atoms with Gasteiger partial charge in [-0.3, -0.25) is 9.80 Å². The lowest BCUT2D eigenvalue weighted by molar-refractivity contribution is 0.117. The molecule has 2 nitrogen and oxygen atoms in total. The lowest BCUT2D eigenvalue weighted by Crippen LogP contribution is -2.48. The van der Waals surface area contributed by atoms with Gasteiger partial charge in [-0.15, -0.1) is 0 Å². The van der Waals surface area contributed by atoms with E-state index in [2.05, 4.69) is 66.1 Å². The van der Waals surface area contributed by atoms with Gasteiger partial charge in [-0.25, -0.2) is 0 Å². The van der Waals surface area contributed by atoms with Crippen LogP contribution in [0.25, 0.3) is 6.08 Å². The maximum atomic E-state index is 2.55. The Kier molecular flexibility index (Phi) is 4.97. The zero-order valence-corrected chi connectivity index (χ0v) is 11.5. The number of nitrogens with zero attached hydrogens (tertiary/aromatic N) is 2. The number of rotatable bonds is 4. The van der Waals surface area contributed by atoms with Crippen LogP contribution >= 0.6 is 0 Å². The summed E-state index contributed by atoms with van der Waals surface area (Å²) in [7, 11) is 0. The first-order valence-corrected chi connectivity index (χ1v) is 6.93. The molecule has 0 unspecified atom stereocenters. The van der Waals surface area contributed by atoms with E-state index >= 15 is 0 Å². The molecule has 18 heavy (non-hydrogen) atoms. The summed E-state index contributed by atoms with van der Waals surface area (Å²) >= 11 is 0. The van der Waals surface area contributed by atoms with E-state index in [0.717, 1.165) is 6.54 Å². The monoisotopic (exact) mass is 244 g/mol. The number of benzene rings is 1. The largest absolute Gasteiger partial charge is 0.298 e. The predicted octanol–water partition coefficient (Wildman–Crippen LogP) is 2.73. The van der Waals surface area contributed by atoms with Gasteiger partial charge in [0.1, 0.15) is 0 Å². The van der Waals surface area contributed by atoms with E-state index in [4.69, 9.17) is 0 Å². The second kappa shape index (κ2) is 6.72. The van der Waals surface area contributed by atoms with Crippen LogP contribution in [0.5, 0.6) is 0 Å². The van der Waals surface area contributed by atoms with E-state index in [9.17, 15) is 0 Å². The van der Waals surface area contributed by atoms with Gasteiger partial charge in [-0.05, 0) is 19.4 Å². The van der Waals surface area contributed by atoms with Crippen molar-refractivity contribution in [2.24, 2.45) is 0 Å². The highest BCUT2D eigenvalue weighted by molar-refractivity contribution is 5.48. The van der Waals surface area contributed by atoms with Crippen LogP contribution in [-0.4, -0.2) is 48.6 Å². The van der Waals surface area contributed by atoms with Crippen LogP contribution in [0.15, 0.2) is 36.4 Å². The molecule has 0 bridgehead atoms. The molecule has 0 spiro atoms. The van der Waals surface area contributed by atoms with Crippen LogP contribution in [0, 0.1) is 0 Å². The molecule has 0 aromatic heterocycles. The second-order valence-electron chi connectivity index (χ2n) is 5.24. The van der Waals surface area contributed by atoms with Gasteiger partial charge in [0.2, 0.25) is 0 Å². The lowest BCUT2D eigenvalue weighted by atomic mass is 10.2. The Labute approximate surface area is 111 Å². The molecule has 1 saturated heterocycles. The summed E-state index contributed by atoms with van der Waals surface area (Å²) < 4.78 is 0. The molecule has 1 heterocycles. The van der Waals surface area contributed by atoms with Gasteiger partial charge in [0.05, 0.1) is 0 Å². The Hall–Kier alpha value is -1.12. The Morgan fingerprint density at radius 1 is 1.06 bits per heavy atom. The molecule has 0 N–H and O–H groups in total. The van der Waals surface area contributed by atoms with Gasteiger partial charge < -0.3 is 0 Å². The molecular formula is C16H24N2. The highest BCUT2D eigenvalue weighted by Gasteiger charge is 2.17. The molecule has 2 heteroatoms. The molecule has 1 aliphatic heterocycles. The summed E-state index contributed by atoms with van der Waals surface area (Å²) in [6, 6.07) is 11.2. The summed E-state index contributed by atoms with van der Waals surface area (Å²) in [6.45, 7) is 10.4. The van der Waals surface area contributed by atoms with Gasteiger partial charge in [-0.2, -0.15) is 0 Å². The SMILES string of the molecule is CC(C)N1CCN(C/C=C/c2ccccc2)CC1. The van der Waals surface area contributed by atoms with Gasteiger partial charge in [-0.1, -0.05) is 42.5 Å². The Balaban J connectivity index is 1.74. The topological polar surface area (TPSA) is 6.48 Å². The quantitative estimate of drug-likeness (QED) is 0.803. The fourth-order valence-corrected chi connectivity index (χ4v) is 2.36. The summed E-state index contributed by atoms with van der Waals surface area (Å²) in [5.41, 5.74) is 1.29. The van der Waals surface area contributed by atoms with E-state index < -0.39 is 0 Å². The fourth-order valence-electron chi connectivity index (χ4n) is 2.36. The first-order valence-electron chi connectivity index (χ1n) is 6.93. The van der Waals surface area contributed by atoms with Crippen molar-refractivity contribution in [2.45, 2.75) is 19.9 Å². The second-order valence-corrected chi connectivity index (χ2v) is 5.24. The highest BCUT2D eigenvalue weighted by atomic mass is 15.3.